The third-order valence-electron chi connectivity index (χ3n) is 1.08. The second-order valence-electron chi connectivity index (χ2n) is 1.82. The molecule has 0 unspecified atom stereocenters. The Kier molecular flexibility index (Phi) is 2.66. The van der Waals surface area contributed by atoms with Gasteiger partial charge in [0.1, 0.15) is 0 Å². The summed E-state index contributed by atoms with van der Waals surface area (Å²) in [7, 11) is 0. The van der Waals surface area contributed by atoms with Crippen molar-refractivity contribution in [3.8, 4) is 0 Å². The van der Waals surface area contributed by atoms with Crippen LogP contribution in [0.25, 0.3) is 0 Å². The van der Waals surface area contributed by atoms with Crippen LogP contribution in [0, 0.1) is 0 Å². The summed E-state index contributed by atoms with van der Waals surface area (Å²) in [6.45, 7) is 1.38. The highest BCUT2D eigenvalue weighted by Crippen LogP contribution is 2.19. The molecule has 1 heterocycles. The van der Waals surface area contributed by atoms with Gasteiger partial charge in [0.25, 0.3) is 0 Å². The second-order valence-corrected chi connectivity index (χ2v) is 2.89. The minimum absolute atomic E-state index is 0.517. The number of thioether (sulfide) groups is 1. The highest BCUT2D eigenvalue weighted by atomic mass is 32.2. The van der Waals surface area contributed by atoms with E-state index in [1.165, 1.54) is 11.5 Å². The first kappa shape index (κ1) is 6.39. The van der Waals surface area contributed by atoms with Crippen molar-refractivity contribution in [3.63, 3.8) is 0 Å². The summed E-state index contributed by atoms with van der Waals surface area (Å²) in [6, 6.07) is 0. The summed E-state index contributed by atoms with van der Waals surface area (Å²) in [4.78, 5) is 0. The molecule has 3 heteroatoms. The average molecular weight is 133 g/mol. The van der Waals surface area contributed by atoms with Gasteiger partial charge in [0, 0.05) is 18.1 Å². The Morgan fingerprint density at radius 1 is 1.62 bits per heavy atom. The third kappa shape index (κ3) is 1.65. The van der Waals surface area contributed by atoms with Crippen LogP contribution >= 0.6 is 11.8 Å². The molecular weight excluding hydrogens is 122 g/mol. The molecule has 0 amide bonds. The first-order valence-corrected chi connectivity index (χ1v) is 3.98. The second kappa shape index (κ2) is 3.33. The smallest absolute Gasteiger partial charge is 0.0756 e. The Morgan fingerprint density at radius 2 is 2.38 bits per heavy atom. The molecule has 0 bridgehead atoms. The number of hydrogen-bond donors (Lipinski definition) is 1. The van der Waals surface area contributed by atoms with E-state index < -0.39 is 0 Å². The van der Waals surface area contributed by atoms with Crippen LogP contribution in [-0.4, -0.2) is 30.8 Å². The summed E-state index contributed by atoms with van der Waals surface area (Å²) in [5, 5.41) is 0. The van der Waals surface area contributed by atoms with Crippen molar-refractivity contribution in [1.82, 2.24) is 0 Å². The first-order chi connectivity index (χ1) is 3.93. The standard InChI is InChI=1S/C5H11NOS/c6-1-2-7-5-3-8-4-5/h5H,1-4,6H2. The Hall–Kier alpha value is 0.270. The lowest BCUT2D eigenvalue weighted by Crippen LogP contribution is -2.30. The van der Waals surface area contributed by atoms with Crippen molar-refractivity contribution in [2.45, 2.75) is 6.10 Å². The van der Waals surface area contributed by atoms with E-state index in [-0.39, 0.29) is 0 Å². The molecule has 0 atom stereocenters. The Labute approximate surface area is 53.8 Å². The highest BCUT2D eigenvalue weighted by molar-refractivity contribution is 8.00. The van der Waals surface area contributed by atoms with Crippen LogP contribution in [0.4, 0.5) is 0 Å². The van der Waals surface area contributed by atoms with Crippen LogP contribution < -0.4 is 5.73 Å². The molecule has 0 radical (unpaired) electrons. The molecule has 2 N–H and O–H groups in total. The van der Waals surface area contributed by atoms with Gasteiger partial charge in [0.15, 0.2) is 0 Å². The van der Waals surface area contributed by atoms with Crippen LogP contribution in [0.2, 0.25) is 0 Å². The highest BCUT2D eigenvalue weighted by Gasteiger charge is 2.17. The topological polar surface area (TPSA) is 35.2 Å². The van der Waals surface area contributed by atoms with Crippen molar-refractivity contribution in [3.05, 3.63) is 0 Å². The van der Waals surface area contributed by atoms with Crippen molar-refractivity contribution in [2.75, 3.05) is 24.7 Å². The van der Waals surface area contributed by atoms with E-state index in [1.54, 1.807) is 0 Å². The van der Waals surface area contributed by atoms with E-state index in [0.717, 1.165) is 6.61 Å². The lowest BCUT2D eigenvalue weighted by Gasteiger charge is -2.24. The predicted octanol–water partition coefficient (Wildman–Crippen LogP) is 0.0771. The van der Waals surface area contributed by atoms with Crippen molar-refractivity contribution in [1.29, 1.82) is 0 Å². The van der Waals surface area contributed by atoms with Crippen LogP contribution in [0.15, 0.2) is 0 Å². The molecule has 48 valence electrons. The molecule has 8 heavy (non-hydrogen) atoms. The van der Waals surface area contributed by atoms with Gasteiger partial charge in [-0.15, -0.1) is 0 Å². The molecular formula is C5H11NOS. The number of ether oxygens (including phenoxy) is 1. The summed E-state index contributed by atoms with van der Waals surface area (Å²) in [5.74, 6) is 2.33. The molecule has 0 saturated carbocycles. The van der Waals surface area contributed by atoms with Crippen LogP contribution in [-0.2, 0) is 4.74 Å². The number of hydrogen-bond acceptors (Lipinski definition) is 3. The van der Waals surface area contributed by atoms with E-state index >= 15 is 0 Å². The zero-order chi connectivity index (χ0) is 5.82. The lowest BCUT2D eigenvalue weighted by atomic mass is 10.4. The van der Waals surface area contributed by atoms with Crippen LogP contribution in [0.1, 0.15) is 0 Å². The van der Waals surface area contributed by atoms with Gasteiger partial charge in [0.2, 0.25) is 0 Å². The molecule has 1 rings (SSSR count). The van der Waals surface area contributed by atoms with Gasteiger partial charge in [-0.3, -0.25) is 0 Å². The van der Waals surface area contributed by atoms with Gasteiger partial charge in [0.05, 0.1) is 12.7 Å². The maximum absolute atomic E-state index is 5.28. The fourth-order valence-corrected chi connectivity index (χ4v) is 1.17. The zero-order valence-electron chi connectivity index (χ0n) is 4.80. The largest absolute Gasteiger partial charge is 0.375 e. The van der Waals surface area contributed by atoms with Crippen molar-refractivity contribution < 1.29 is 4.74 Å². The fourth-order valence-electron chi connectivity index (χ4n) is 0.545. The monoisotopic (exact) mass is 133 g/mol. The van der Waals surface area contributed by atoms with E-state index in [1.807, 2.05) is 11.8 Å². The van der Waals surface area contributed by atoms with Crippen molar-refractivity contribution >= 4 is 11.8 Å². The van der Waals surface area contributed by atoms with E-state index in [2.05, 4.69) is 0 Å². The molecule has 1 aliphatic rings. The van der Waals surface area contributed by atoms with Crippen LogP contribution in [0.5, 0.6) is 0 Å². The molecule has 1 saturated heterocycles. The van der Waals surface area contributed by atoms with E-state index in [4.69, 9.17) is 10.5 Å². The predicted molar refractivity (Wildman–Crippen MR) is 36.1 cm³/mol. The quantitative estimate of drug-likeness (QED) is 0.592. The third-order valence-corrected chi connectivity index (χ3v) is 2.29. The Balaban J connectivity index is 1.86. The molecule has 0 aromatic heterocycles. The summed E-state index contributed by atoms with van der Waals surface area (Å²) < 4.78 is 5.28. The van der Waals surface area contributed by atoms with E-state index in [0.29, 0.717) is 12.6 Å². The first-order valence-electron chi connectivity index (χ1n) is 2.83. The summed E-state index contributed by atoms with van der Waals surface area (Å²) in [5.41, 5.74) is 5.22. The molecule has 1 fully saturated rings. The van der Waals surface area contributed by atoms with Crippen molar-refractivity contribution in [2.24, 2.45) is 5.73 Å². The van der Waals surface area contributed by atoms with Gasteiger partial charge in [-0.1, -0.05) is 0 Å². The molecule has 1 aliphatic heterocycles. The zero-order valence-corrected chi connectivity index (χ0v) is 5.62. The SMILES string of the molecule is NCCOC1CSC1. The number of rotatable bonds is 3. The van der Waals surface area contributed by atoms with Gasteiger partial charge < -0.3 is 10.5 Å². The molecule has 0 spiro atoms. The summed E-state index contributed by atoms with van der Waals surface area (Å²) in [6.07, 6.45) is 0.517. The van der Waals surface area contributed by atoms with Gasteiger partial charge in [-0.25, -0.2) is 0 Å². The average Bonchev–Trinajstić information content (AvgIpc) is 1.63. The minimum atomic E-state index is 0.517. The Bertz CT molecular complexity index is 65.4. The minimum Gasteiger partial charge on any atom is -0.375 e. The van der Waals surface area contributed by atoms with E-state index in [9.17, 15) is 0 Å². The lowest BCUT2D eigenvalue weighted by molar-refractivity contribution is 0.0841. The van der Waals surface area contributed by atoms with Gasteiger partial charge >= 0.3 is 0 Å². The fraction of sp³-hybridized carbons (Fsp3) is 1.00. The van der Waals surface area contributed by atoms with Gasteiger partial charge in [-0.2, -0.15) is 11.8 Å². The molecule has 0 aliphatic carbocycles. The molecule has 0 aromatic carbocycles. The molecule has 2 nitrogen and oxygen atoms in total. The number of nitrogens with two attached hydrogens (primary N) is 1. The normalized spacial score (nSPS) is 20.6. The molecule has 0 aromatic rings. The maximum Gasteiger partial charge on any atom is 0.0756 e. The maximum atomic E-state index is 5.28. The Morgan fingerprint density at radius 3 is 2.75 bits per heavy atom. The van der Waals surface area contributed by atoms with Crippen LogP contribution in [0.3, 0.4) is 0 Å². The van der Waals surface area contributed by atoms with Gasteiger partial charge in [-0.05, 0) is 0 Å². The summed E-state index contributed by atoms with van der Waals surface area (Å²) >= 11 is 1.93.